The fraction of sp³-hybridized carbons (Fsp3) is 0.292. The predicted octanol–water partition coefficient (Wildman–Crippen LogP) is 2.79. The van der Waals surface area contributed by atoms with Crippen LogP contribution in [0.4, 0.5) is 5.82 Å². The second-order valence-electron chi connectivity index (χ2n) is 8.48. The van der Waals surface area contributed by atoms with E-state index in [9.17, 15) is 4.79 Å². The molecule has 0 saturated carbocycles. The number of hydrogen-bond acceptors (Lipinski definition) is 8. The lowest BCUT2D eigenvalue weighted by Crippen LogP contribution is -2.33. The molecule has 1 saturated heterocycles. The van der Waals surface area contributed by atoms with Crippen LogP contribution in [-0.2, 0) is 9.47 Å². The molecule has 5 heterocycles. The number of H-pyrrole nitrogens is 1. The average molecular weight is 507 g/mol. The molecule has 2 atom stereocenters. The monoisotopic (exact) mass is 506 g/mol. The first-order valence-corrected chi connectivity index (χ1v) is 11.9. The lowest BCUT2D eigenvalue weighted by atomic mass is 10.1. The molecule has 36 heavy (non-hydrogen) atoms. The van der Waals surface area contributed by atoms with E-state index in [-0.39, 0.29) is 17.7 Å². The van der Waals surface area contributed by atoms with E-state index in [4.69, 9.17) is 26.2 Å². The number of methoxy groups -OCH3 is 1. The minimum Gasteiger partial charge on any atom is -0.382 e. The highest BCUT2D eigenvalue weighted by molar-refractivity contribution is 6.33. The number of benzene rings is 1. The molecule has 12 heteroatoms. The minimum atomic E-state index is -0.336. The SMILES string of the molecule is COCCO[C@H]1C[C@@H](c2nn3ccc(Cl)c3c(=O)n2-c2ccccc2)N(c2ncnc3nc[nH]c23)C1. The lowest BCUT2D eigenvalue weighted by molar-refractivity contribution is 0.0264. The summed E-state index contributed by atoms with van der Waals surface area (Å²) in [6.07, 6.45) is 5.22. The average Bonchev–Trinajstić information content (AvgIpc) is 3.63. The second kappa shape index (κ2) is 9.34. The van der Waals surface area contributed by atoms with Crippen molar-refractivity contribution in [3.8, 4) is 5.69 Å². The Morgan fingerprint density at radius 1 is 1.14 bits per heavy atom. The highest BCUT2D eigenvalue weighted by Crippen LogP contribution is 2.38. The van der Waals surface area contributed by atoms with Gasteiger partial charge in [-0.05, 0) is 18.2 Å². The maximum atomic E-state index is 13.8. The third-order valence-electron chi connectivity index (χ3n) is 6.35. The van der Waals surface area contributed by atoms with Gasteiger partial charge in [-0.1, -0.05) is 29.8 Å². The first kappa shape index (κ1) is 22.7. The summed E-state index contributed by atoms with van der Waals surface area (Å²) >= 11 is 6.38. The van der Waals surface area contributed by atoms with Crippen molar-refractivity contribution in [2.45, 2.75) is 18.6 Å². The summed E-state index contributed by atoms with van der Waals surface area (Å²) in [4.78, 5) is 32.2. The Bertz CT molecular complexity index is 1580. The van der Waals surface area contributed by atoms with Gasteiger partial charge >= 0.3 is 0 Å². The molecule has 0 aliphatic carbocycles. The van der Waals surface area contributed by atoms with Gasteiger partial charge in [-0.25, -0.2) is 19.5 Å². The molecule has 5 aromatic rings. The Labute approximate surface area is 210 Å². The number of anilines is 1. The Morgan fingerprint density at radius 2 is 2.00 bits per heavy atom. The summed E-state index contributed by atoms with van der Waals surface area (Å²) in [7, 11) is 1.64. The summed E-state index contributed by atoms with van der Waals surface area (Å²) in [5.74, 6) is 1.22. The number of fused-ring (bicyclic) bond motifs is 2. The predicted molar refractivity (Wildman–Crippen MR) is 134 cm³/mol. The number of nitrogens with zero attached hydrogens (tertiary/aromatic N) is 7. The molecule has 4 aromatic heterocycles. The minimum absolute atomic E-state index is 0.136. The van der Waals surface area contributed by atoms with Crippen molar-refractivity contribution in [1.82, 2.24) is 34.1 Å². The fourth-order valence-corrected chi connectivity index (χ4v) is 4.98. The molecule has 0 unspecified atom stereocenters. The van der Waals surface area contributed by atoms with Gasteiger partial charge in [0.1, 0.15) is 17.4 Å². The van der Waals surface area contributed by atoms with Crippen molar-refractivity contribution in [2.75, 3.05) is 31.8 Å². The van der Waals surface area contributed by atoms with Gasteiger partial charge in [0.05, 0.1) is 42.4 Å². The number of hydrogen-bond donors (Lipinski definition) is 1. The standard InChI is InChI=1S/C24H23ClN8O3/c1-35-9-10-36-16-11-18(31(12-16)23-19-21(27-13-26-19)28-14-29-23)22-30-32-8-7-17(25)20(32)24(34)33(22)15-5-3-2-4-6-15/h2-8,13-14,16,18H,9-12H2,1H3,(H,26,27,28,29)/t16-,18-/m0/s1. The number of nitrogens with one attached hydrogen (secondary N) is 1. The molecule has 184 valence electrons. The van der Waals surface area contributed by atoms with Crippen LogP contribution in [0.3, 0.4) is 0 Å². The molecule has 1 N–H and O–H groups in total. The molecule has 0 bridgehead atoms. The highest BCUT2D eigenvalue weighted by Gasteiger charge is 2.39. The molecular formula is C24H23ClN8O3. The summed E-state index contributed by atoms with van der Waals surface area (Å²) in [5, 5.41) is 5.24. The first-order valence-electron chi connectivity index (χ1n) is 11.5. The van der Waals surface area contributed by atoms with E-state index in [1.807, 2.05) is 30.3 Å². The van der Waals surface area contributed by atoms with E-state index < -0.39 is 0 Å². The molecule has 1 aromatic carbocycles. The zero-order valence-corrected chi connectivity index (χ0v) is 20.2. The fourth-order valence-electron chi connectivity index (χ4n) is 4.75. The number of ether oxygens (including phenoxy) is 2. The van der Waals surface area contributed by atoms with Crippen LogP contribution < -0.4 is 10.5 Å². The number of aromatic nitrogens is 7. The van der Waals surface area contributed by atoms with Crippen molar-refractivity contribution in [3.05, 3.63) is 76.5 Å². The first-order chi connectivity index (χ1) is 17.7. The van der Waals surface area contributed by atoms with Gasteiger partial charge in [-0.3, -0.25) is 9.36 Å². The lowest BCUT2D eigenvalue weighted by Gasteiger charge is -2.27. The maximum Gasteiger partial charge on any atom is 0.284 e. The Morgan fingerprint density at radius 3 is 2.83 bits per heavy atom. The molecule has 0 amide bonds. The summed E-state index contributed by atoms with van der Waals surface area (Å²) in [5.41, 5.74) is 2.03. The van der Waals surface area contributed by atoms with Crippen LogP contribution in [0.15, 0.2) is 60.0 Å². The van der Waals surface area contributed by atoms with Crippen molar-refractivity contribution in [1.29, 1.82) is 0 Å². The zero-order valence-electron chi connectivity index (χ0n) is 19.4. The largest absolute Gasteiger partial charge is 0.382 e. The maximum absolute atomic E-state index is 13.8. The smallest absolute Gasteiger partial charge is 0.284 e. The summed E-state index contributed by atoms with van der Waals surface area (Å²) < 4.78 is 14.5. The second-order valence-corrected chi connectivity index (χ2v) is 8.89. The van der Waals surface area contributed by atoms with E-state index in [1.165, 1.54) is 6.33 Å². The molecule has 0 radical (unpaired) electrons. The molecule has 1 aliphatic heterocycles. The quantitative estimate of drug-likeness (QED) is 0.335. The number of rotatable bonds is 7. The van der Waals surface area contributed by atoms with E-state index >= 15 is 0 Å². The van der Waals surface area contributed by atoms with Crippen molar-refractivity contribution in [3.63, 3.8) is 0 Å². The summed E-state index contributed by atoms with van der Waals surface area (Å²) in [6.45, 7) is 1.48. The van der Waals surface area contributed by atoms with E-state index in [0.717, 1.165) is 0 Å². The Hall–Kier alpha value is -3.80. The van der Waals surface area contributed by atoms with Crippen LogP contribution >= 0.6 is 11.6 Å². The molecule has 1 aliphatic rings. The topological polar surface area (TPSA) is 115 Å². The normalized spacial score (nSPS) is 18.0. The van der Waals surface area contributed by atoms with Crippen LogP contribution in [0.25, 0.3) is 22.4 Å². The van der Waals surface area contributed by atoms with Gasteiger partial charge in [0, 0.05) is 26.3 Å². The van der Waals surface area contributed by atoms with Crippen molar-refractivity contribution in [2.24, 2.45) is 0 Å². The van der Waals surface area contributed by atoms with Crippen LogP contribution in [0.2, 0.25) is 5.02 Å². The molecule has 1 fully saturated rings. The third kappa shape index (κ3) is 3.81. The van der Waals surface area contributed by atoms with Gasteiger partial charge in [0.15, 0.2) is 17.3 Å². The van der Waals surface area contributed by atoms with Crippen LogP contribution in [-0.4, -0.2) is 67.1 Å². The third-order valence-corrected chi connectivity index (χ3v) is 6.66. The van der Waals surface area contributed by atoms with E-state index in [2.05, 4.69) is 24.8 Å². The Kier molecular flexibility index (Phi) is 5.88. The molecule has 11 nitrogen and oxygen atoms in total. The van der Waals surface area contributed by atoms with E-state index in [1.54, 1.807) is 34.8 Å². The highest BCUT2D eigenvalue weighted by atomic mass is 35.5. The van der Waals surface area contributed by atoms with E-state index in [0.29, 0.717) is 65.2 Å². The van der Waals surface area contributed by atoms with Crippen LogP contribution in [0, 0.1) is 0 Å². The molecular weight excluding hydrogens is 484 g/mol. The number of aromatic amines is 1. The van der Waals surface area contributed by atoms with Gasteiger partial charge in [-0.2, -0.15) is 5.10 Å². The zero-order chi connectivity index (χ0) is 24.6. The van der Waals surface area contributed by atoms with Crippen molar-refractivity contribution < 1.29 is 9.47 Å². The number of imidazole rings is 1. The number of para-hydroxylation sites is 1. The van der Waals surface area contributed by atoms with Crippen molar-refractivity contribution >= 4 is 34.1 Å². The number of halogens is 1. The Balaban J connectivity index is 1.54. The van der Waals surface area contributed by atoms with Gasteiger partial charge < -0.3 is 19.4 Å². The molecule has 0 spiro atoms. The summed E-state index contributed by atoms with van der Waals surface area (Å²) in [6, 6.07) is 10.8. The van der Waals surface area contributed by atoms with Crippen LogP contribution in [0.1, 0.15) is 18.3 Å². The van der Waals surface area contributed by atoms with Gasteiger partial charge in [0.2, 0.25) is 0 Å². The van der Waals surface area contributed by atoms with Crippen LogP contribution in [0.5, 0.6) is 0 Å². The molecule has 6 rings (SSSR count). The van der Waals surface area contributed by atoms with Gasteiger partial charge in [-0.15, -0.1) is 0 Å². The van der Waals surface area contributed by atoms with Gasteiger partial charge in [0.25, 0.3) is 5.56 Å².